The SMILES string of the molecule is O=C1C(=Cc2cccc(O)c2)SC(=S)N1Cc1ccc2c(c1)OCO2. The first-order valence-electron chi connectivity index (χ1n) is 7.53. The fourth-order valence-corrected chi connectivity index (χ4v) is 3.88. The molecule has 1 fully saturated rings. The number of aromatic hydroxyl groups is 1. The lowest BCUT2D eigenvalue weighted by atomic mass is 10.2. The first kappa shape index (κ1) is 16.0. The van der Waals surface area contributed by atoms with Crippen molar-refractivity contribution >= 4 is 40.3 Å². The van der Waals surface area contributed by atoms with Gasteiger partial charge in [0.05, 0.1) is 11.4 Å². The van der Waals surface area contributed by atoms with Gasteiger partial charge in [-0.05, 0) is 41.5 Å². The Morgan fingerprint density at radius 2 is 2.04 bits per heavy atom. The summed E-state index contributed by atoms with van der Waals surface area (Å²) in [4.78, 5) is 14.8. The summed E-state index contributed by atoms with van der Waals surface area (Å²) in [5.41, 5.74) is 1.67. The van der Waals surface area contributed by atoms with Crippen LogP contribution in [0.2, 0.25) is 0 Å². The van der Waals surface area contributed by atoms with Crippen LogP contribution in [0.15, 0.2) is 47.4 Å². The van der Waals surface area contributed by atoms with E-state index in [4.69, 9.17) is 21.7 Å². The van der Waals surface area contributed by atoms with Gasteiger partial charge in [0, 0.05) is 0 Å². The van der Waals surface area contributed by atoms with Gasteiger partial charge in [-0.15, -0.1) is 0 Å². The van der Waals surface area contributed by atoms with Gasteiger partial charge < -0.3 is 14.6 Å². The maximum Gasteiger partial charge on any atom is 0.266 e. The van der Waals surface area contributed by atoms with E-state index in [1.807, 2.05) is 24.3 Å². The van der Waals surface area contributed by atoms with Gasteiger partial charge in [0.25, 0.3) is 5.91 Å². The van der Waals surface area contributed by atoms with Crippen LogP contribution in [0.1, 0.15) is 11.1 Å². The molecule has 4 rings (SSSR count). The number of rotatable bonds is 3. The zero-order valence-corrected chi connectivity index (χ0v) is 14.6. The molecule has 0 unspecified atom stereocenters. The monoisotopic (exact) mass is 371 g/mol. The van der Waals surface area contributed by atoms with Crippen molar-refractivity contribution in [2.75, 3.05) is 6.79 Å². The normalized spacial score (nSPS) is 17.6. The quantitative estimate of drug-likeness (QED) is 0.658. The molecule has 2 heterocycles. The molecule has 2 aromatic carbocycles. The molecule has 2 aliphatic heterocycles. The molecule has 7 heteroatoms. The maximum absolute atomic E-state index is 12.7. The zero-order chi connectivity index (χ0) is 17.4. The number of hydrogen-bond acceptors (Lipinski definition) is 6. The average Bonchev–Trinajstić information content (AvgIpc) is 3.15. The molecule has 2 aromatic rings. The summed E-state index contributed by atoms with van der Waals surface area (Å²) in [6, 6.07) is 12.3. The van der Waals surface area contributed by atoms with Gasteiger partial charge in [-0.3, -0.25) is 9.69 Å². The second kappa shape index (κ2) is 6.42. The van der Waals surface area contributed by atoms with Crippen LogP contribution < -0.4 is 9.47 Å². The van der Waals surface area contributed by atoms with Crippen molar-refractivity contribution in [1.82, 2.24) is 4.90 Å². The molecule has 25 heavy (non-hydrogen) atoms. The predicted molar refractivity (Wildman–Crippen MR) is 99.4 cm³/mol. The van der Waals surface area contributed by atoms with Crippen LogP contribution >= 0.6 is 24.0 Å². The third-order valence-electron chi connectivity index (χ3n) is 3.82. The fraction of sp³-hybridized carbons (Fsp3) is 0.111. The van der Waals surface area contributed by atoms with Crippen molar-refractivity contribution in [2.45, 2.75) is 6.54 Å². The smallest absolute Gasteiger partial charge is 0.266 e. The van der Waals surface area contributed by atoms with E-state index in [2.05, 4.69) is 0 Å². The van der Waals surface area contributed by atoms with Crippen LogP contribution in [0.25, 0.3) is 6.08 Å². The minimum Gasteiger partial charge on any atom is -0.508 e. The van der Waals surface area contributed by atoms with Gasteiger partial charge in [-0.1, -0.05) is 42.2 Å². The number of benzene rings is 2. The maximum atomic E-state index is 12.7. The lowest BCUT2D eigenvalue weighted by molar-refractivity contribution is -0.122. The number of ether oxygens (including phenoxy) is 2. The highest BCUT2D eigenvalue weighted by Crippen LogP contribution is 2.36. The van der Waals surface area contributed by atoms with Crippen LogP contribution in [0.5, 0.6) is 17.2 Å². The van der Waals surface area contributed by atoms with Crippen molar-refractivity contribution in [1.29, 1.82) is 0 Å². The van der Waals surface area contributed by atoms with E-state index < -0.39 is 0 Å². The number of phenols is 1. The Kier molecular flexibility index (Phi) is 4.10. The summed E-state index contributed by atoms with van der Waals surface area (Å²) in [7, 11) is 0. The van der Waals surface area contributed by atoms with E-state index in [0.29, 0.717) is 27.3 Å². The number of amides is 1. The van der Waals surface area contributed by atoms with Crippen LogP contribution in [-0.2, 0) is 11.3 Å². The standard InChI is InChI=1S/C18H13NO4S2/c20-13-3-1-2-11(6-13)8-16-17(21)19(18(24)25-16)9-12-4-5-14-15(7-12)23-10-22-14/h1-8,20H,9-10H2. The summed E-state index contributed by atoms with van der Waals surface area (Å²) >= 11 is 6.62. The van der Waals surface area contributed by atoms with Gasteiger partial charge in [0.2, 0.25) is 6.79 Å². The number of carbonyl (C=O) groups is 1. The molecule has 1 amide bonds. The molecule has 0 spiro atoms. The van der Waals surface area contributed by atoms with Crippen molar-refractivity contribution < 1.29 is 19.4 Å². The van der Waals surface area contributed by atoms with E-state index in [9.17, 15) is 9.90 Å². The Labute approximate surface area is 153 Å². The highest BCUT2D eigenvalue weighted by molar-refractivity contribution is 8.26. The number of phenolic OH excluding ortho intramolecular Hbond substituents is 1. The summed E-state index contributed by atoms with van der Waals surface area (Å²) in [5.74, 6) is 1.40. The molecule has 126 valence electrons. The molecule has 0 aromatic heterocycles. The Hall–Kier alpha value is -2.51. The Bertz CT molecular complexity index is 910. The second-order valence-corrected chi connectivity index (χ2v) is 7.23. The van der Waals surface area contributed by atoms with Crippen molar-refractivity contribution in [3.63, 3.8) is 0 Å². The lowest BCUT2D eigenvalue weighted by Gasteiger charge is -2.14. The Balaban J connectivity index is 1.55. The van der Waals surface area contributed by atoms with E-state index in [1.54, 1.807) is 29.2 Å². The molecule has 2 aliphatic rings. The molecule has 0 radical (unpaired) electrons. The highest BCUT2D eigenvalue weighted by atomic mass is 32.2. The Morgan fingerprint density at radius 1 is 1.20 bits per heavy atom. The minimum atomic E-state index is -0.143. The lowest BCUT2D eigenvalue weighted by Crippen LogP contribution is -2.27. The molecule has 1 saturated heterocycles. The molecular weight excluding hydrogens is 358 g/mol. The van der Waals surface area contributed by atoms with Crippen molar-refractivity contribution in [3.8, 4) is 17.2 Å². The molecule has 1 N–H and O–H groups in total. The molecule has 0 atom stereocenters. The topological polar surface area (TPSA) is 59.0 Å². The summed E-state index contributed by atoms with van der Waals surface area (Å²) in [6.45, 7) is 0.588. The first-order chi connectivity index (χ1) is 12.1. The van der Waals surface area contributed by atoms with Crippen LogP contribution in [0, 0.1) is 0 Å². The van der Waals surface area contributed by atoms with Crippen LogP contribution in [0.3, 0.4) is 0 Å². The number of fused-ring (bicyclic) bond motifs is 1. The van der Waals surface area contributed by atoms with E-state index in [1.165, 1.54) is 11.8 Å². The van der Waals surface area contributed by atoms with Crippen molar-refractivity contribution in [2.24, 2.45) is 0 Å². The number of thiocarbonyl (C=S) groups is 1. The molecule has 0 bridgehead atoms. The molecule has 0 aliphatic carbocycles. The number of thioether (sulfide) groups is 1. The van der Waals surface area contributed by atoms with Gasteiger partial charge in [-0.2, -0.15) is 0 Å². The number of carbonyl (C=O) groups excluding carboxylic acids is 1. The largest absolute Gasteiger partial charge is 0.508 e. The third kappa shape index (κ3) is 3.20. The van der Waals surface area contributed by atoms with Gasteiger partial charge in [0.15, 0.2) is 11.5 Å². The van der Waals surface area contributed by atoms with Gasteiger partial charge in [-0.25, -0.2) is 0 Å². The zero-order valence-electron chi connectivity index (χ0n) is 13.0. The highest BCUT2D eigenvalue weighted by Gasteiger charge is 2.32. The summed E-state index contributed by atoms with van der Waals surface area (Å²) in [6.07, 6.45) is 1.73. The molecular formula is C18H13NO4S2. The first-order valence-corrected chi connectivity index (χ1v) is 8.75. The second-order valence-electron chi connectivity index (χ2n) is 5.55. The van der Waals surface area contributed by atoms with Gasteiger partial charge >= 0.3 is 0 Å². The van der Waals surface area contributed by atoms with Crippen molar-refractivity contribution in [3.05, 3.63) is 58.5 Å². The third-order valence-corrected chi connectivity index (χ3v) is 5.20. The van der Waals surface area contributed by atoms with E-state index in [-0.39, 0.29) is 18.4 Å². The number of nitrogens with zero attached hydrogens (tertiary/aromatic N) is 1. The number of hydrogen-bond donors (Lipinski definition) is 1. The van der Waals surface area contributed by atoms with E-state index >= 15 is 0 Å². The Morgan fingerprint density at radius 3 is 2.88 bits per heavy atom. The average molecular weight is 371 g/mol. The summed E-state index contributed by atoms with van der Waals surface area (Å²) < 4.78 is 11.2. The predicted octanol–water partition coefficient (Wildman–Crippen LogP) is 3.52. The van der Waals surface area contributed by atoms with Crippen LogP contribution in [0.4, 0.5) is 0 Å². The summed E-state index contributed by atoms with van der Waals surface area (Å²) in [5, 5.41) is 9.55. The minimum absolute atomic E-state index is 0.143. The molecule has 5 nitrogen and oxygen atoms in total. The fourth-order valence-electron chi connectivity index (χ4n) is 2.62. The van der Waals surface area contributed by atoms with Crippen LogP contribution in [-0.4, -0.2) is 27.0 Å². The molecule has 0 saturated carbocycles. The van der Waals surface area contributed by atoms with E-state index in [0.717, 1.165) is 11.1 Å². The van der Waals surface area contributed by atoms with Gasteiger partial charge in [0.1, 0.15) is 10.1 Å².